The fourth-order valence-corrected chi connectivity index (χ4v) is 2.14. The lowest BCUT2D eigenvalue weighted by molar-refractivity contribution is 0.585. The normalized spacial score (nSPS) is 12.6. The van der Waals surface area contributed by atoms with E-state index in [1.54, 1.807) is 6.20 Å². The van der Waals surface area contributed by atoms with Crippen LogP contribution >= 0.6 is 0 Å². The first-order chi connectivity index (χ1) is 10.5. The number of fused-ring (bicyclic) bond motifs is 1. The lowest BCUT2D eigenvalue weighted by Gasteiger charge is -2.20. The number of pyridine rings is 1. The highest BCUT2D eigenvalue weighted by atomic mass is 16.4. The summed E-state index contributed by atoms with van der Waals surface area (Å²) in [5, 5.41) is 4.48. The van der Waals surface area contributed by atoms with E-state index in [0.29, 0.717) is 6.01 Å². The van der Waals surface area contributed by atoms with Crippen molar-refractivity contribution in [3.05, 3.63) is 54.4 Å². The molecule has 2 aromatic heterocycles. The summed E-state index contributed by atoms with van der Waals surface area (Å²) >= 11 is 0. The molecule has 22 heavy (non-hydrogen) atoms. The highest BCUT2D eigenvalue weighted by Gasteiger charge is 2.22. The quantitative estimate of drug-likeness (QED) is 0.584. The molecular formula is C17H18N4O. The minimum atomic E-state index is -0.159. The van der Waals surface area contributed by atoms with Crippen LogP contribution in [0.4, 0.5) is 6.01 Å². The first-order valence-corrected chi connectivity index (χ1v) is 7.15. The summed E-state index contributed by atoms with van der Waals surface area (Å²) in [5.74, 6) is 0. The number of nitrogens with zero attached hydrogens (tertiary/aromatic N) is 3. The van der Waals surface area contributed by atoms with Crippen molar-refractivity contribution in [3.8, 4) is 0 Å². The van der Waals surface area contributed by atoms with Crippen LogP contribution in [0.15, 0.2) is 58.2 Å². The average Bonchev–Trinajstić information content (AvgIpc) is 2.90. The number of benzene rings is 1. The molecule has 3 aromatic rings. The van der Waals surface area contributed by atoms with Gasteiger partial charge in [0.05, 0.1) is 11.4 Å². The summed E-state index contributed by atoms with van der Waals surface area (Å²) in [7, 11) is 0. The van der Waals surface area contributed by atoms with E-state index < -0.39 is 0 Å². The molecule has 0 aliphatic carbocycles. The predicted octanol–water partition coefficient (Wildman–Crippen LogP) is 4.09. The summed E-state index contributed by atoms with van der Waals surface area (Å²) in [6, 6.07) is 13.8. The molecule has 5 heteroatoms. The molecule has 0 atom stereocenters. The minimum Gasteiger partial charge on any atom is -0.422 e. The van der Waals surface area contributed by atoms with E-state index in [1.165, 1.54) is 0 Å². The standard InChI is InChI=1S/C17H18N4O/c1-17(2,3)15(13-9-6-7-11-18-13)20-21-16-19-12-8-4-5-10-14(12)22-16/h4-11H,1-3H3,(H,19,21)/b20-15-. The van der Waals surface area contributed by atoms with Crippen LogP contribution in [0.1, 0.15) is 26.5 Å². The van der Waals surface area contributed by atoms with E-state index in [1.807, 2.05) is 42.5 Å². The monoisotopic (exact) mass is 294 g/mol. The van der Waals surface area contributed by atoms with E-state index in [-0.39, 0.29) is 5.41 Å². The SMILES string of the molecule is CC(C)(C)/C(=N\Nc1nc2ccccc2o1)c1ccccn1. The molecule has 0 aliphatic rings. The Kier molecular flexibility index (Phi) is 3.63. The number of anilines is 1. The molecule has 0 radical (unpaired) electrons. The molecule has 1 aromatic carbocycles. The van der Waals surface area contributed by atoms with E-state index in [2.05, 4.69) is 41.3 Å². The Morgan fingerprint density at radius 3 is 2.55 bits per heavy atom. The molecule has 0 saturated carbocycles. The first kappa shape index (κ1) is 14.3. The van der Waals surface area contributed by atoms with E-state index in [9.17, 15) is 0 Å². The van der Waals surface area contributed by atoms with Crippen LogP contribution in [-0.4, -0.2) is 15.7 Å². The second-order valence-electron chi connectivity index (χ2n) is 6.02. The molecule has 0 fully saturated rings. The molecule has 112 valence electrons. The molecule has 0 aliphatic heterocycles. The maximum atomic E-state index is 5.62. The van der Waals surface area contributed by atoms with Gasteiger partial charge in [-0.1, -0.05) is 39.0 Å². The number of hydrogen-bond acceptors (Lipinski definition) is 5. The summed E-state index contributed by atoms with van der Waals surface area (Å²) in [6.45, 7) is 6.27. The number of nitrogens with one attached hydrogen (secondary N) is 1. The van der Waals surface area contributed by atoms with Gasteiger partial charge < -0.3 is 4.42 Å². The number of rotatable bonds is 3. The fraction of sp³-hybridized carbons (Fsp3) is 0.235. The van der Waals surface area contributed by atoms with Gasteiger partial charge >= 0.3 is 6.01 Å². The highest BCUT2D eigenvalue weighted by Crippen LogP contribution is 2.22. The second kappa shape index (κ2) is 5.60. The van der Waals surface area contributed by atoms with Gasteiger partial charge in [0.25, 0.3) is 0 Å². The predicted molar refractivity (Wildman–Crippen MR) is 87.9 cm³/mol. The third-order valence-electron chi connectivity index (χ3n) is 3.18. The lowest BCUT2D eigenvalue weighted by Crippen LogP contribution is -2.23. The van der Waals surface area contributed by atoms with Crippen LogP contribution in [0.3, 0.4) is 0 Å². The zero-order chi connectivity index (χ0) is 15.6. The van der Waals surface area contributed by atoms with Crippen LogP contribution in [0.2, 0.25) is 0 Å². The van der Waals surface area contributed by atoms with Gasteiger partial charge in [-0.3, -0.25) is 4.98 Å². The van der Waals surface area contributed by atoms with Crippen LogP contribution in [0.5, 0.6) is 0 Å². The maximum absolute atomic E-state index is 5.62. The molecule has 2 heterocycles. The number of hydrogen-bond donors (Lipinski definition) is 1. The van der Waals surface area contributed by atoms with Crippen molar-refractivity contribution in [1.29, 1.82) is 0 Å². The van der Waals surface area contributed by atoms with Crippen molar-refractivity contribution in [2.45, 2.75) is 20.8 Å². The number of para-hydroxylation sites is 2. The lowest BCUT2D eigenvalue weighted by atomic mass is 9.88. The zero-order valence-electron chi connectivity index (χ0n) is 12.9. The number of oxazole rings is 1. The van der Waals surface area contributed by atoms with Crippen LogP contribution in [-0.2, 0) is 0 Å². The molecule has 5 nitrogen and oxygen atoms in total. The summed E-state index contributed by atoms with van der Waals surface area (Å²) in [5.41, 5.74) is 5.96. The van der Waals surface area contributed by atoms with Gasteiger partial charge in [0.15, 0.2) is 5.58 Å². The largest absolute Gasteiger partial charge is 0.422 e. The zero-order valence-corrected chi connectivity index (χ0v) is 12.9. The summed E-state index contributed by atoms with van der Waals surface area (Å²) in [4.78, 5) is 8.73. The van der Waals surface area contributed by atoms with Gasteiger partial charge in [0, 0.05) is 11.6 Å². The van der Waals surface area contributed by atoms with Crippen LogP contribution in [0.25, 0.3) is 11.1 Å². The number of aromatic nitrogens is 2. The molecule has 0 spiro atoms. The molecule has 3 rings (SSSR count). The summed E-state index contributed by atoms with van der Waals surface area (Å²) < 4.78 is 5.62. The molecule has 0 saturated heterocycles. The van der Waals surface area contributed by atoms with Gasteiger partial charge in [-0.05, 0) is 24.3 Å². The van der Waals surface area contributed by atoms with Crippen molar-refractivity contribution in [2.75, 3.05) is 5.43 Å². The van der Waals surface area contributed by atoms with Gasteiger partial charge in [-0.15, -0.1) is 0 Å². The molecule has 0 amide bonds. The summed E-state index contributed by atoms with van der Waals surface area (Å²) in [6.07, 6.45) is 1.76. The number of hydrazone groups is 1. The molecule has 0 unspecified atom stereocenters. The second-order valence-corrected chi connectivity index (χ2v) is 6.02. The van der Waals surface area contributed by atoms with Gasteiger partial charge in [0.2, 0.25) is 0 Å². The maximum Gasteiger partial charge on any atom is 0.316 e. The van der Waals surface area contributed by atoms with Crippen molar-refractivity contribution in [1.82, 2.24) is 9.97 Å². The van der Waals surface area contributed by atoms with Crippen molar-refractivity contribution in [3.63, 3.8) is 0 Å². The van der Waals surface area contributed by atoms with Gasteiger partial charge in [0.1, 0.15) is 5.52 Å². The topological polar surface area (TPSA) is 63.3 Å². The van der Waals surface area contributed by atoms with E-state index in [4.69, 9.17) is 4.42 Å². The van der Waals surface area contributed by atoms with Gasteiger partial charge in [-0.25, -0.2) is 5.43 Å². The average molecular weight is 294 g/mol. The first-order valence-electron chi connectivity index (χ1n) is 7.15. The Bertz CT molecular complexity index is 767. The van der Waals surface area contributed by atoms with Crippen molar-refractivity contribution >= 4 is 22.8 Å². The van der Waals surface area contributed by atoms with Gasteiger partial charge in [-0.2, -0.15) is 10.1 Å². The van der Waals surface area contributed by atoms with E-state index >= 15 is 0 Å². The smallest absolute Gasteiger partial charge is 0.316 e. The Morgan fingerprint density at radius 2 is 1.86 bits per heavy atom. The highest BCUT2D eigenvalue weighted by molar-refractivity contribution is 6.02. The molecule has 1 N–H and O–H groups in total. The van der Waals surface area contributed by atoms with Crippen LogP contribution in [0, 0.1) is 5.41 Å². The molecule has 0 bridgehead atoms. The Labute approximate surface area is 129 Å². The third kappa shape index (κ3) is 2.98. The third-order valence-corrected chi connectivity index (χ3v) is 3.18. The minimum absolute atomic E-state index is 0.159. The Morgan fingerprint density at radius 1 is 1.09 bits per heavy atom. The fourth-order valence-electron chi connectivity index (χ4n) is 2.14. The molecular weight excluding hydrogens is 276 g/mol. The Balaban J connectivity index is 1.93. The van der Waals surface area contributed by atoms with Crippen LogP contribution < -0.4 is 5.43 Å². The Hall–Kier alpha value is -2.69. The van der Waals surface area contributed by atoms with Crippen molar-refractivity contribution < 1.29 is 4.42 Å². The van der Waals surface area contributed by atoms with E-state index in [0.717, 1.165) is 22.5 Å². The van der Waals surface area contributed by atoms with Crippen molar-refractivity contribution in [2.24, 2.45) is 10.5 Å².